The van der Waals surface area contributed by atoms with E-state index in [0.29, 0.717) is 5.56 Å². The molecule has 4 heteroatoms. The number of nitrogen functional groups attached to an aromatic ring is 1. The Kier molecular flexibility index (Phi) is 2.34. The van der Waals surface area contributed by atoms with Gasteiger partial charge in [0.1, 0.15) is 5.82 Å². The van der Waals surface area contributed by atoms with Crippen molar-refractivity contribution in [3.8, 4) is 0 Å². The zero-order valence-electron chi connectivity index (χ0n) is 7.74. The van der Waals surface area contributed by atoms with Gasteiger partial charge in [0.05, 0.1) is 11.1 Å². The third-order valence-corrected chi connectivity index (χ3v) is 1.67. The van der Waals surface area contributed by atoms with Gasteiger partial charge in [-0.2, -0.15) is 0 Å². The van der Waals surface area contributed by atoms with Crippen LogP contribution in [0.1, 0.15) is 24.2 Å². The van der Waals surface area contributed by atoms with Gasteiger partial charge < -0.3 is 11.5 Å². The van der Waals surface area contributed by atoms with Gasteiger partial charge in [-0.3, -0.25) is 4.79 Å². The Bertz CT molecular complexity index is 328. The highest BCUT2D eigenvalue weighted by Gasteiger charge is 2.25. The number of aromatic nitrogens is 1. The van der Waals surface area contributed by atoms with E-state index in [1.54, 1.807) is 26.0 Å². The Morgan fingerprint density at radius 2 is 2.15 bits per heavy atom. The van der Waals surface area contributed by atoms with Crippen LogP contribution in [0.25, 0.3) is 0 Å². The second kappa shape index (κ2) is 3.14. The molecule has 1 aromatic heterocycles. The summed E-state index contributed by atoms with van der Waals surface area (Å²) in [6.45, 7) is 3.28. The van der Waals surface area contributed by atoms with Crippen LogP contribution in [0, 0.1) is 0 Å². The summed E-state index contributed by atoms with van der Waals surface area (Å²) in [4.78, 5) is 15.5. The van der Waals surface area contributed by atoms with E-state index in [9.17, 15) is 4.79 Å². The van der Waals surface area contributed by atoms with Crippen LogP contribution in [0.3, 0.4) is 0 Å². The van der Waals surface area contributed by atoms with Crippen LogP contribution in [0.15, 0.2) is 18.3 Å². The van der Waals surface area contributed by atoms with Crippen LogP contribution in [0.2, 0.25) is 0 Å². The molecule has 0 aliphatic rings. The van der Waals surface area contributed by atoms with E-state index in [2.05, 4.69) is 4.98 Å². The smallest absolute Gasteiger partial charge is 0.185 e. The third-order valence-electron chi connectivity index (χ3n) is 1.67. The van der Waals surface area contributed by atoms with Gasteiger partial charge >= 0.3 is 0 Å². The molecule has 0 radical (unpaired) electrons. The minimum absolute atomic E-state index is 0.196. The first-order valence-corrected chi connectivity index (χ1v) is 3.97. The number of hydrogen-bond acceptors (Lipinski definition) is 4. The number of rotatable bonds is 2. The molecular formula is C9H13N3O. The standard InChI is InChI=1S/C9H13N3O/c1-9(2,11)7(13)6-4-3-5-12-8(6)10/h3-5H,11H2,1-2H3,(H2,10,12). The number of carbonyl (C=O) groups is 1. The zero-order valence-corrected chi connectivity index (χ0v) is 7.74. The minimum Gasteiger partial charge on any atom is -0.383 e. The van der Waals surface area contributed by atoms with Crippen molar-refractivity contribution in [3.05, 3.63) is 23.9 Å². The summed E-state index contributed by atoms with van der Waals surface area (Å²) >= 11 is 0. The first kappa shape index (κ1) is 9.67. The molecule has 0 aromatic carbocycles. The molecule has 4 nitrogen and oxygen atoms in total. The number of pyridine rings is 1. The van der Waals surface area contributed by atoms with Crippen molar-refractivity contribution in [2.75, 3.05) is 5.73 Å². The van der Waals surface area contributed by atoms with Crippen LogP contribution < -0.4 is 11.5 Å². The van der Waals surface area contributed by atoms with Gasteiger partial charge in [0, 0.05) is 6.20 Å². The first-order chi connectivity index (χ1) is 5.93. The summed E-state index contributed by atoms with van der Waals surface area (Å²) in [5.74, 6) is 0.0316. The lowest BCUT2D eigenvalue weighted by Crippen LogP contribution is -2.41. The summed E-state index contributed by atoms with van der Waals surface area (Å²) in [7, 11) is 0. The molecule has 1 heterocycles. The highest BCUT2D eigenvalue weighted by molar-refractivity contribution is 6.05. The molecule has 13 heavy (non-hydrogen) atoms. The van der Waals surface area contributed by atoms with Gasteiger partial charge in [0.25, 0.3) is 0 Å². The molecule has 0 bridgehead atoms. The summed E-state index contributed by atoms with van der Waals surface area (Å²) in [5, 5.41) is 0. The minimum atomic E-state index is -0.906. The van der Waals surface area contributed by atoms with Crippen molar-refractivity contribution < 1.29 is 4.79 Å². The Labute approximate surface area is 77.0 Å². The quantitative estimate of drug-likeness (QED) is 0.651. The SMILES string of the molecule is CC(C)(N)C(=O)c1cccnc1N. The van der Waals surface area contributed by atoms with Crippen molar-refractivity contribution in [2.24, 2.45) is 5.73 Å². The molecule has 4 N–H and O–H groups in total. The van der Waals surface area contributed by atoms with E-state index >= 15 is 0 Å². The largest absolute Gasteiger partial charge is 0.383 e. The van der Waals surface area contributed by atoms with Gasteiger partial charge in [-0.25, -0.2) is 4.98 Å². The first-order valence-electron chi connectivity index (χ1n) is 3.97. The Morgan fingerprint density at radius 1 is 1.54 bits per heavy atom. The van der Waals surface area contributed by atoms with Crippen LogP contribution in [-0.2, 0) is 0 Å². The molecular weight excluding hydrogens is 166 g/mol. The average Bonchev–Trinajstić information content (AvgIpc) is 2.02. The number of nitrogens with two attached hydrogens (primary N) is 2. The van der Waals surface area contributed by atoms with Gasteiger partial charge in [-0.05, 0) is 26.0 Å². The Balaban J connectivity index is 3.10. The number of Topliss-reactive ketones (excluding diaryl/α,β-unsaturated/α-hetero) is 1. The third kappa shape index (κ3) is 2.03. The number of nitrogens with zero attached hydrogens (tertiary/aromatic N) is 1. The van der Waals surface area contributed by atoms with E-state index in [1.807, 2.05) is 0 Å². The van der Waals surface area contributed by atoms with Crippen molar-refractivity contribution in [2.45, 2.75) is 19.4 Å². The second-order valence-corrected chi connectivity index (χ2v) is 3.49. The predicted molar refractivity (Wildman–Crippen MR) is 51.2 cm³/mol. The number of hydrogen-bond donors (Lipinski definition) is 2. The van der Waals surface area contributed by atoms with E-state index < -0.39 is 5.54 Å². The van der Waals surface area contributed by atoms with Gasteiger partial charge in [-0.15, -0.1) is 0 Å². The lowest BCUT2D eigenvalue weighted by molar-refractivity contribution is 0.0914. The maximum absolute atomic E-state index is 11.6. The van der Waals surface area contributed by atoms with Crippen molar-refractivity contribution >= 4 is 11.6 Å². The lowest BCUT2D eigenvalue weighted by Gasteiger charge is -2.17. The van der Waals surface area contributed by atoms with E-state index in [1.165, 1.54) is 6.20 Å². The molecule has 0 aliphatic heterocycles. The number of anilines is 1. The van der Waals surface area contributed by atoms with Gasteiger partial charge in [0.15, 0.2) is 5.78 Å². The molecule has 0 saturated heterocycles. The molecule has 0 amide bonds. The predicted octanol–water partition coefficient (Wildman–Crippen LogP) is 0.584. The highest BCUT2D eigenvalue weighted by Crippen LogP contribution is 2.14. The van der Waals surface area contributed by atoms with E-state index in [-0.39, 0.29) is 11.6 Å². The summed E-state index contributed by atoms with van der Waals surface area (Å²) in [5.41, 5.74) is 10.7. The van der Waals surface area contributed by atoms with E-state index in [4.69, 9.17) is 11.5 Å². The second-order valence-electron chi connectivity index (χ2n) is 3.49. The topological polar surface area (TPSA) is 82.0 Å². The maximum atomic E-state index is 11.6. The molecule has 0 aliphatic carbocycles. The van der Waals surface area contributed by atoms with Crippen molar-refractivity contribution in [1.82, 2.24) is 4.98 Å². The maximum Gasteiger partial charge on any atom is 0.185 e. The van der Waals surface area contributed by atoms with Crippen LogP contribution in [0.5, 0.6) is 0 Å². The van der Waals surface area contributed by atoms with Gasteiger partial charge in [0.2, 0.25) is 0 Å². The van der Waals surface area contributed by atoms with Gasteiger partial charge in [-0.1, -0.05) is 0 Å². The summed E-state index contributed by atoms with van der Waals surface area (Å²) < 4.78 is 0. The number of ketones is 1. The van der Waals surface area contributed by atoms with Crippen LogP contribution >= 0.6 is 0 Å². The fourth-order valence-electron chi connectivity index (χ4n) is 0.957. The van der Waals surface area contributed by atoms with Crippen molar-refractivity contribution in [1.29, 1.82) is 0 Å². The summed E-state index contributed by atoms with van der Waals surface area (Å²) in [6, 6.07) is 3.29. The fourth-order valence-corrected chi connectivity index (χ4v) is 0.957. The lowest BCUT2D eigenvalue weighted by atomic mass is 9.95. The van der Waals surface area contributed by atoms with Crippen molar-refractivity contribution in [3.63, 3.8) is 0 Å². The molecule has 0 atom stereocenters. The van der Waals surface area contributed by atoms with Crippen LogP contribution in [-0.4, -0.2) is 16.3 Å². The molecule has 70 valence electrons. The molecule has 0 fully saturated rings. The zero-order chi connectivity index (χ0) is 10.1. The molecule has 1 rings (SSSR count). The Hall–Kier alpha value is -1.42. The van der Waals surface area contributed by atoms with Crippen LogP contribution in [0.4, 0.5) is 5.82 Å². The van der Waals surface area contributed by atoms with E-state index in [0.717, 1.165) is 0 Å². The monoisotopic (exact) mass is 179 g/mol. The fraction of sp³-hybridized carbons (Fsp3) is 0.333. The average molecular weight is 179 g/mol. The molecule has 0 saturated carbocycles. The highest BCUT2D eigenvalue weighted by atomic mass is 16.1. The molecule has 1 aromatic rings. The molecule has 0 unspecified atom stereocenters. The normalized spacial score (nSPS) is 11.3. The number of carbonyl (C=O) groups excluding carboxylic acids is 1. The summed E-state index contributed by atoms with van der Waals surface area (Å²) in [6.07, 6.45) is 1.54. The molecule has 0 spiro atoms. The Morgan fingerprint density at radius 3 is 2.62 bits per heavy atom.